The molecule has 0 heterocycles. The molecular weight excluding hydrogens is 365 g/mol. The molecule has 0 unspecified atom stereocenters. The molecule has 0 aromatic carbocycles. The molecule has 0 aliphatic rings. The van der Waals surface area contributed by atoms with Gasteiger partial charge in [-0.05, 0) is 0 Å². The third-order valence-corrected chi connectivity index (χ3v) is 0. The minimum absolute atomic E-state index is 0. The SMILES string of the molecule is [H-].[K+].[O]=[Mn](=[O])(=[O])[OH].[PbH2]. The van der Waals surface area contributed by atoms with Crippen molar-refractivity contribution in [3.8, 4) is 0 Å². The van der Waals surface area contributed by atoms with Gasteiger partial charge in [0.05, 0.1) is 0 Å². The summed E-state index contributed by atoms with van der Waals surface area (Å²) in [6.45, 7) is 0. The van der Waals surface area contributed by atoms with Gasteiger partial charge in [-0.15, -0.1) is 0 Å². The van der Waals surface area contributed by atoms with E-state index in [1.165, 1.54) is 0 Å². The van der Waals surface area contributed by atoms with Crippen molar-refractivity contribution in [2.75, 3.05) is 0 Å². The Kier molecular flexibility index (Phi) is 15.2. The van der Waals surface area contributed by atoms with Crippen molar-refractivity contribution in [3.05, 3.63) is 0 Å². The first-order chi connectivity index (χ1) is 2.00. The molecular formula is H4KMnO4Pb. The van der Waals surface area contributed by atoms with Crippen molar-refractivity contribution in [2.45, 2.75) is 0 Å². The zero-order chi connectivity index (χ0) is 4.50. The molecule has 0 spiro atoms. The van der Waals surface area contributed by atoms with Crippen LogP contribution in [-0.4, -0.2) is 31.5 Å². The molecule has 0 rings (SSSR count). The first-order valence-electron chi connectivity index (χ1n) is 0.632. The molecule has 7 heavy (non-hydrogen) atoms. The second-order valence-electron chi connectivity index (χ2n) is 0.396. The van der Waals surface area contributed by atoms with Gasteiger partial charge in [-0.3, -0.25) is 0 Å². The molecule has 0 aromatic rings. The monoisotopic (exact) mass is 370 g/mol. The van der Waals surface area contributed by atoms with Crippen molar-refractivity contribution >= 4 is 27.3 Å². The summed E-state index contributed by atoms with van der Waals surface area (Å²) >= 11 is -5.38. The van der Waals surface area contributed by atoms with Crippen LogP contribution in [0.1, 0.15) is 1.43 Å². The summed E-state index contributed by atoms with van der Waals surface area (Å²) in [6.07, 6.45) is 0. The van der Waals surface area contributed by atoms with Crippen LogP contribution in [0, 0.1) is 0 Å². The standard InChI is InChI=1S/K.Mn.H2O.3O.Pb.3H/h;;1H2;;;;;;;/q2*+1;;;;;;;;-1/p-1. The van der Waals surface area contributed by atoms with Crippen LogP contribution in [-0.2, 0) is 24.5 Å². The topological polar surface area (TPSA) is 71.4 Å². The Labute approximate surface area is 106 Å². The van der Waals surface area contributed by atoms with Crippen LogP contribution in [0.25, 0.3) is 0 Å². The summed E-state index contributed by atoms with van der Waals surface area (Å²) in [5, 5.41) is 0. The van der Waals surface area contributed by atoms with Gasteiger partial charge < -0.3 is 1.43 Å². The Morgan fingerprint density at radius 2 is 1.29 bits per heavy atom. The molecule has 0 aromatic heterocycles. The van der Waals surface area contributed by atoms with E-state index in [0.29, 0.717) is 0 Å². The molecule has 7 heteroatoms. The van der Waals surface area contributed by atoms with Gasteiger partial charge in [0, 0.05) is 0 Å². The van der Waals surface area contributed by atoms with Gasteiger partial charge in [0.15, 0.2) is 0 Å². The van der Waals surface area contributed by atoms with Gasteiger partial charge in [-0.2, -0.15) is 0 Å². The van der Waals surface area contributed by atoms with Crippen molar-refractivity contribution in [3.63, 3.8) is 0 Å². The predicted molar refractivity (Wildman–Crippen MR) is 13.9 cm³/mol. The summed E-state index contributed by atoms with van der Waals surface area (Å²) < 4.78 is 33.1. The molecule has 0 bridgehead atoms. The van der Waals surface area contributed by atoms with Crippen LogP contribution in [0.2, 0.25) is 0 Å². The predicted octanol–water partition coefficient (Wildman–Crippen LogP) is -4.72. The Hall–Kier alpha value is 2.44. The van der Waals surface area contributed by atoms with Crippen LogP contribution in [0.3, 0.4) is 0 Å². The molecule has 0 atom stereocenters. The van der Waals surface area contributed by atoms with E-state index < -0.39 is 13.0 Å². The maximum atomic E-state index is 8.69. The number of hydrogen-bond donors (Lipinski definition) is 1. The van der Waals surface area contributed by atoms with E-state index in [1.807, 2.05) is 0 Å². The fourth-order valence-corrected chi connectivity index (χ4v) is 0. The molecule has 0 aliphatic heterocycles. The summed E-state index contributed by atoms with van der Waals surface area (Å²) in [7, 11) is 0. The second kappa shape index (κ2) is 6.56. The zero-order valence-electron chi connectivity index (χ0n) is 4.76. The molecule has 0 amide bonds. The fraction of sp³-hybridized carbons (Fsp3) is 0. The first-order valence-corrected chi connectivity index (χ1v) is 2.61. The summed E-state index contributed by atoms with van der Waals surface area (Å²) in [4.78, 5) is 0. The molecule has 0 aliphatic carbocycles. The van der Waals surface area contributed by atoms with E-state index in [1.54, 1.807) is 0 Å². The Bertz CT molecular complexity index is 137. The van der Waals surface area contributed by atoms with Crippen molar-refractivity contribution in [2.24, 2.45) is 0 Å². The van der Waals surface area contributed by atoms with Gasteiger partial charge in [0.2, 0.25) is 0 Å². The average molecular weight is 369 g/mol. The molecule has 2 radical (unpaired) electrons. The van der Waals surface area contributed by atoms with E-state index >= 15 is 0 Å². The van der Waals surface area contributed by atoms with Gasteiger partial charge in [0.1, 0.15) is 0 Å². The average Bonchev–Trinajstić information content (AvgIpc) is 0.722. The van der Waals surface area contributed by atoms with Crippen LogP contribution in [0.5, 0.6) is 0 Å². The summed E-state index contributed by atoms with van der Waals surface area (Å²) in [6, 6.07) is 0. The minimum atomic E-state index is -5.38. The van der Waals surface area contributed by atoms with Gasteiger partial charge in [0.25, 0.3) is 0 Å². The van der Waals surface area contributed by atoms with E-state index in [2.05, 4.69) is 0 Å². The third-order valence-electron chi connectivity index (χ3n) is 0. The Morgan fingerprint density at radius 1 is 1.29 bits per heavy atom. The van der Waals surface area contributed by atoms with Crippen molar-refractivity contribution in [1.82, 2.24) is 0 Å². The molecule has 1 N–H and O–H groups in total. The maximum absolute atomic E-state index is 8.69. The third kappa shape index (κ3) is 58.8. The zero-order valence-corrected chi connectivity index (χ0v) is 13.6. The van der Waals surface area contributed by atoms with Gasteiger partial charge in [-0.1, -0.05) is 0 Å². The molecule has 4 nitrogen and oxygen atoms in total. The molecule has 0 saturated heterocycles. The Morgan fingerprint density at radius 3 is 1.29 bits per heavy atom. The van der Waals surface area contributed by atoms with E-state index in [0.717, 1.165) is 0 Å². The summed E-state index contributed by atoms with van der Waals surface area (Å²) in [5.41, 5.74) is 0. The quantitative estimate of drug-likeness (QED) is 0.436. The van der Waals surface area contributed by atoms with Crippen LogP contribution < -0.4 is 51.4 Å². The molecule has 40 valence electrons. The van der Waals surface area contributed by atoms with Crippen molar-refractivity contribution < 1.29 is 81.5 Å². The van der Waals surface area contributed by atoms with Crippen molar-refractivity contribution in [1.29, 1.82) is 0 Å². The normalized spacial score (nSPS) is 8.14. The summed E-state index contributed by atoms with van der Waals surface area (Å²) in [5.74, 6) is 0. The molecule has 0 saturated carbocycles. The van der Waals surface area contributed by atoms with E-state index in [-0.39, 0.29) is 80.1 Å². The second-order valence-corrected chi connectivity index (χ2v) is 1.63. The van der Waals surface area contributed by atoms with E-state index in [9.17, 15) is 0 Å². The van der Waals surface area contributed by atoms with Crippen LogP contribution in [0.15, 0.2) is 0 Å². The van der Waals surface area contributed by atoms with Gasteiger partial charge in [-0.25, -0.2) is 0 Å². The Balaban J connectivity index is -0.0000000267. The van der Waals surface area contributed by atoms with Crippen LogP contribution >= 0.6 is 0 Å². The van der Waals surface area contributed by atoms with E-state index in [4.69, 9.17) is 15.7 Å². The van der Waals surface area contributed by atoms with Gasteiger partial charge >= 0.3 is 107 Å². The fourth-order valence-electron chi connectivity index (χ4n) is 0. The number of hydrogen-bond acceptors (Lipinski definition) is 3. The number of rotatable bonds is 0. The first kappa shape index (κ1) is 16.2. The van der Waals surface area contributed by atoms with Crippen LogP contribution in [0.4, 0.5) is 0 Å². The molecule has 0 fully saturated rings.